The molecule has 1 aromatic heterocycles. The van der Waals surface area contributed by atoms with Gasteiger partial charge < -0.3 is 19.4 Å². The molecule has 0 fully saturated rings. The largest absolute Gasteiger partial charge is 0.476 e. The molecule has 44 heavy (non-hydrogen) atoms. The number of nitrogens with one attached hydrogen (secondary N) is 1. The topological polar surface area (TPSA) is 69.6 Å². The van der Waals surface area contributed by atoms with E-state index in [2.05, 4.69) is 29.9 Å². The van der Waals surface area contributed by atoms with Gasteiger partial charge in [-0.25, -0.2) is 9.18 Å². The molecule has 1 N–H and O–H groups in total. The van der Waals surface area contributed by atoms with Gasteiger partial charge in [0.1, 0.15) is 11.6 Å². The number of halogens is 1. The van der Waals surface area contributed by atoms with Crippen LogP contribution in [0.5, 0.6) is 5.75 Å². The lowest BCUT2D eigenvalue weighted by molar-refractivity contribution is -0.156. The van der Waals surface area contributed by atoms with E-state index in [0.717, 1.165) is 39.7 Å². The van der Waals surface area contributed by atoms with Crippen molar-refractivity contribution < 1.29 is 23.5 Å². The van der Waals surface area contributed by atoms with Gasteiger partial charge in [-0.2, -0.15) is 0 Å². The fraction of sp³-hybridized carbons (Fsp3) is 0.405. The summed E-state index contributed by atoms with van der Waals surface area (Å²) in [5, 5.41) is 4.13. The highest BCUT2D eigenvalue weighted by Gasteiger charge is 2.31. The van der Waals surface area contributed by atoms with E-state index in [1.165, 1.54) is 13.2 Å². The highest BCUT2D eigenvalue weighted by Crippen LogP contribution is 2.30. The zero-order chi connectivity index (χ0) is 32.4. The van der Waals surface area contributed by atoms with E-state index in [1.54, 1.807) is 19.9 Å². The van der Waals surface area contributed by atoms with Gasteiger partial charge in [-0.15, -0.1) is 0 Å². The number of methoxy groups -OCH3 is 1. The molecule has 1 heterocycles. The smallest absolute Gasteiger partial charge is 0.349 e. The number of nitrogens with zero attached hydrogens (tertiary/aromatic N) is 1. The van der Waals surface area contributed by atoms with Crippen LogP contribution in [0.15, 0.2) is 66.9 Å². The SMILES string of the molecule is COC(=O)C(C)(C)Oc1cccc(Cc2cn(CC(C)C)c3cc(C(=O)N[C@@H](C)c4cc(F)cc(C(C)(C)C)c4)ccc23)c1. The Morgan fingerprint density at radius 3 is 2.34 bits per heavy atom. The number of benzene rings is 3. The van der Waals surface area contributed by atoms with Crippen molar-refractivity contribution in [3.63, 3.8) is 0 Å². The first-order chi connectivity index (χ1) is 20.6. The Balaban J connectivity index is 1.61. The summed E-state index contributed by atoms with van der Waals surface area (Å²) < 4.78 is 27.5. The molecular formula is C37H45FN2O4. The van der Waals surface area contributed by atoms with Gasteiger partial charge in [0.15, 0.2) is 5.60 Å². The molecule has 4 rings (SSSR count). The zero-order valence-electron chi connectivity index (χ0n) is 27.4. The lowest BCUT2D eigenvalue weighted by Crippen LogP contribution is -2.39. The van der Waals surface area contributed by atoms with Gasteiger partial charge in [0, 0.05) is 29.2 Å². The van der Waals surface area contributed by atoms with Crippen molar-refractivity contribution in [1.82, 2.24) is 9.88 Å². The predicted octanol–water partition coefficient (Wildman–Crippen LogP) is 8.15. The summed E-state index contributed by atoms with van der Waals surface area (Å²) in [5.74, 6) is 0.0265. The predicted molar refractivity (Wildman–Crippen MR) is 174 cm³/mol. The average Bonchev–Trinajstić information content (AvgIpc) is 3.26. The van der Waals surface area contributed by atoms with E-state index in [0.29, 0.717) is 23.7 Å². The van der Waals surface area contributed by atoms with Crippen molar-refractivity contribution in [1.29, 1.82) is 0 Å². The van der Waals surface area contributed by atoms with Gasteiger partial charge in [0.2, 0.25) is 0 Å². The van der Waals surface area contributed by atoms with Crippen LogP contribution in [0.3, 0.4) is 0 Å². The molecule has 0 saturated heterocycles. The van der Waals surface area contributed by atoms with E-state index >= 15 is 0 Å². The summed E-state index contributed by atoms with van der Waals surface area (Å²) in [5.41, 5.74) is 3.99. The first-order valence-corrected chi connectivity index (χ1v) is 15.2. The summed E-state index contributed by atoms with van der Waals surface area (Å²) in [4.78, 5) is 25.6. The number of rotatable bonds is 10. The van der Waals surface area contributed by atoms with Crippen LogP contribution in [0, 0.1) is 11.7 Å². The molecule has 0 spiro atoms. The fourth-order valence-electron chi connectivity index (χ4n) is 5.37. The normalized spacial score (nSPS) is 12.8. The summed E-state index contributed by atoms with van der Waals surface area (Å²) in [6.45, 7) is 16.5. The second-order valence-corrected chi connectivity index (χ2v) is 13.6. The van der Waals surface area contributed by atoms with E-state index in [4.69, 9.17) is 9.47 Å². The molecule has 0 saturated carbocycles. The highest BCUT2D eigenvalue weighted by molar-refractivity contribution is 5.99. The van der Waals surface area contributed by atoms with Gasteiger partial charge in [-0.05, 0) is 97.2 Å². The first kappa shape index (κ1) is 32.8. The number of hydrogen-bond donors (Lipinski definition) is 1. The third-order valence-electron chi connectivity index (χ3n) is 7.77. The summed E-state index contributed by atoms with van der Waals surface area (Å²) in [7, 11) is 1.35. The van der Waals surface area contributed by atoms with Crippen LogP contribution in [0.4, 0.5) is 4.39 Å². The molecular weight excluding hydrogens is 555 g/mol. The number of aromatic nitrogens is 1. The van der Waals surface area contributed by atoms with Crippen molar-refractivity contribution in [3.8, 4) is 5.75 Å². The maximum atomic E-state index is 14.5. The summed E-state index contributed by atoms with van der Waals surface area (Å²) in [6, 6.07) is 18.1. The van der Waals surface area contributed by atoms with Crippen LogP contribution in [0.25, 0.3) is 10.9 Å². The van der Waals surface area contributed by atoms with Crippen molar-refractivity contribution in [2.24, 2.45) is 5.92 Å². The standard InChI is InChI=1S/C37H45FN2O4/c1-23(2)21-40-22-28(15-25-11-10-12-31(16-25)44-37(7,8)35(42)43-9)32-14-13-26(19-33(32)40)34(41)39-24(3)27-17-29(36(4,5)6)20-30(38)18-27/h10-14,16-20,22-24H,15,21H2,1-9H3,(H,39,41)/t24-/m0/s1. The number of esters is 1. The quantitative estimate of drug-likeness (QED) is 0.187. The van der Waals surface area contributed by atoms with E-state index in [-0.39, 0.29) is 23.2 Å². The Hall–Kier alpha value is -4.13. The molecule has 1 amide bonds. The molecule has 6 nitrogen and oxygen atoms in total. The second kappa shape index (κ2) is 12.8. The maximum Gasteiger partial charge on any atom is 0.349 e. The minimum Gasteiger partial charge on any atom is -0.476 e. The van der Waals surface area contributed by atoms with E-state index < -0.39 is 11.6 Å². The Morgan fingerprint density at radius 2 is 1.68 bits per heavy atom. The second-order valence-electron chi connectivity index (χ2n) is 13.6. The molecule has 0 bridgehead atoms. The lowest BCUT2D eigenvalue weighted by Gasteiger charge is -2.23. The molecule has 4 aromatic rings. The van der Waals surface area contributed by atoms with Gasteiger partial charge in [-0.3, -0.25) is 4.79 Å². The summed E-state index contributed by atoms with van der Waals surface area (Å²) >= 11 is 0. The van der Waals surface area contributed by atoms with Gasteiger partial charge >= 0.3 is 5.97 Å². The monoisotopic (exact) mass is 600 g/mol. The minimum atomic E-state index is -1.11. The number of carbonyl (C=O) groups is 2. The Morgan fingerprint density at radius 1 is 0.955 bits per heavy atom. The molecule has 1 atom stereocenters. The van der Waals surface area contributed by atoms with Gasteiger partial charge in [0.05, 0.1) is 13.2 Å². The Kier molecular flexibility index (Phi) is 9.57. The molecule has 0 radical (unpaired) electrons. The van der Waals surface area contributed by atoms with Crippen LogP contribution >= 0.6 is 0 Å². The van der Waals surface area contributed by atoms with Crippen LogP contribution < -0.4 is 10.1 Å². The molecule has 0 aliphatic carbocycles. The number of amides is 1. The molecule has 0 aliphatic heterocycles. The van der Waals surface area contributed by atoms with Crippen LogP contribution in [-0.2, 0) is 27.9 Å². The molecule has 234 valence electrons. The number of ether oxygens (including phenoxy) is 2. The van der Waals surface area contributed by atoms with Crippen molar-refractivity contribution in [2.75, 3.05) is 7.11 Å². The third-order valence-corrected chi connectivity index (χ3v) is 7.77. The Labute approximate surface area is 260 Å². The molecule has 0 unspecified atom stereocenters. The van der Waals surface area contributed by atoms with Crippen molar-refractivity contribution in [3.05, 3.63) is 100 Å². The van der Waals surface area contributed by atoms with Crippen LogP contribution in [0.2, 0.25) is 0 Å². The number of fused-ring (bicyclic) bond motifs is 1. The van der Waals surface area contributed by atoms with Crippen molar-refractivity contribution in [2.45, 2.75) is 85.4 Å². The highest BCUT2D eigenvalue weighted by atomic mass is 19.1. The van der Waals surface area contributed by atoms with Gasteiger partial charge in [-0.1, -0.05) is 58.9 Å². The lowest BCUT2D eigenvalue weighted by atomic mass is 9.85. The Bertz CT molecular complexity index is 1660. The van der Waals surface area contributed by atoms with Crippen LogP contribution in [0.1, 0.15) is 94.0 Å². The molecule has 7 heteroatoms. The third kappa shape index (κ3) is 7.68. The van der Waals surface area contributed by atoms with Crippen LogP contribution in [-0.4, -0.2) is 29.2 Å². The van der Waals surface area contributed by atoms with Crippen molar-refractivity contribution >= 4 is 22.8 Å². The van der Waals surface area contributed by atoms with E-state index in [9.17, 15) is 14.0 Å². The minimum absolute atomic E-state index is 0.209. The molecule has 3 aromatic carbocycles. The number of carbonyl (C=O) groups excluding carboxylic acids is 2. The zero-order valence-corrected chi connectivity index (χ0v) is 27.4. The number of hydrogen-bond acceptors (Lipinski definition) is 4. The molecule has 0 aliphatic rings. The average molecular weight is 601 g/mol. The van der Waals surface area contributed by atoms with E-state index in [1.807, 2.05) is 76.2 Å². The summed E-state index contributed by atoms with van der Waals surface area (Å²) in [6.07, 6.45) is 2.80. The first-order valence-electron chi connectivity index (χ1n) is 15.2. The fourth-order valence-corrected chi connectivity index (χ4v) is 5.37. The maximum absolute atomic E-state index is 14.5. The van der Waals surface area contributed by atoms with Gasteiger partial charge in [0.25, 0.3) is 5.91 Å².